The molecule has 0 unspecified atom stereocenters. The van der Waals surface area contributed by atoms with Gasteiger partial charge in [-0.2, -0.15) is 13.2 Å². The van der Waals surface area contributed by atoms with E-state index in [0.717, 1.165) is 22.7 Å². The third kappa shape index (κ3) is 4.30. The summed E-state index contributed by atoms with van der Waals surface area (Å²) in [6, 6.07) is 11.7. The Morgan fingerprint density at radius 1 is 1.07 bits per heavy atom. The Morgan fingerprint density at radius 2 is 1.75 bits per heavy atom. The Hall–Kier alpha value is -2.95. The normalized spacial score (nSPS) is 12.2. The fraction of sp³-hybridized carbons (Fsp3) is 0.176. The number of hydrogen-bond donors (Lipinski definition) is 0. The van der Waals surface area contributed by atoms with Gasteiger partial charge < -0.3 is 4.42 Å². The number of anilines is 1. The first-order valence-electron chi connectivity index (χ1n) is 7.78. The molecule has 11 heteroatoms. The smallest absolute Gasteiger partial charge is 0.413 e. The van der Waals surface area contributed by atoms with Crippen molar-refractivity contribution in [1.29, 1.82) is 0 Å². The van der Waals surface area contributed by atoms with E-state index in [1.807, 2.05) is 0 Å². The number of nitrogens with zero attached hydrogens (tertiary/aromatic N) is 3. The van der Waals surface area contributed by atoms with E-state index < -0.39 is 33.8 Å². The van der Waals surface area contributed by atoms with Crippen molar-refractivity contribution >= 4 is 15.7 Å². The number of rotatable bonds is 5. The maximum absolute atomic E-state index is 14.4. The zero-order valence-electron chi connectivity index (χ0n) is 14.3. The molecular formula is C17H13F4N3O3S. The first-order valence-corrected chi connectivity index (χ1v) is 9.63. The first kappa shape index (κ1) is 19.8. The number of sulfonamides is 1. The lowest BCUT2D eigenvalue weighted by Gasteiger charge is -2.22. The molecule has 0 fully saturated rings. The summed E-state index contributed by atoms with van der Waals surface area (Å²) >= 11 is 0. The fourth-order valence-corrected chi connectivity index (χ4v) is 3.33. The minimum absolute atomic E-state index is 0.169. The summed E-state index contributed by atoms with van der Waals surface area (Å²) in [6.07, 6.45) is -3.82. The molecule has 2 aromatic carbocycles. The van der Waals surface area contributed by atoms with E-state index in [-0.39, 0.29) is 17.7 Å². The molecule has 0 saturated carbocycles. The standard InChI is InChI=1S/C17H13F4N3O3S/c1-28(25,26)24(12-5-3-2-4-6-12)10-11-7-8-13(14(18)9-11)15-22-23-16(27-15)17(19,20)21/h2-9H,10H2,1H3. The van der Waals surface area contributed by atoms with Crippen LogP contribution >= 0.6 is 0 Å². The highest BCUT2D eigenvalue weighted by Crippen LogP contribution is 2.31. The summed E-state index contributed by atoms with van der Waals surface area (Å²) in [6.45, 7) is -0.169. The highest BCUT2D eigenvalue weighted by Gasteiger charge is 2.38. The molecule has 3 aromatic rings. The molecule has 0 aliphatic heterocycles. The number of halogens is 4. The lowest BCUT2D eigenvalue weighted by Crippen LogP contribution is -2.29. The van der Waals surface area contributed by atoms with Crippen LogP contribution < -0.4 is 4.31 Å². The van der Waals surface area contributed by atoms with Gasteiger partial charge >= 0.3 is 12.1 Å². The maximum Gasteiger partial charge on any atom is 0.470 e. The van der Waals surface area contributed by atoms with Gasteiger partial charge in [0.25, 0.3) is 5.89 Å². The quantitative estimate of drug-likeness (QED) is 0.592. The molecule has 0 atom stereocenters. The van der Waals surface area contributed by atoms with Gasteiger partial charge in [-0.1, -0.05) is 24.3 Å². The van der Waals surface area contributed by atoms with Crippen molar-refractivity contribution in [3.05, 3.63) is 65.8 Å². The summed E-state index contributed by atoms with van der Waals surface area (Å²) in [5.41, 5.74) is 0.352. The van der Waals surface area contributed by atoms with Crippen molar-refractivity contribution in [2.75, 3.05) is 10.6 Å². The Morgan fingerprint density at radius 3 is 2.29 bits per heavy atom. The monoisotopic (exact) mass is 415 g/mol. The zero-order chi connectivity index (χ0) is 20.5. The Labute approximate surface area is 157 Å². The van der Waals surface area contributed by atoms with Gasteiger partial charge in [0.15, 0.2) is 0 Å². The van der Waals surface area contributed by atoms with Crippen LogP contribution in [0.3, 0.4) is 0 Å². The number of hydrogen-bond acceptors (Lipinski definition) is 5. The van der Waals surface area contributed by atoms with E-state index in [1.165, 1.54) is 6.07 Å². The zero-order valence-corrected chi connectivity index (χ0v) is 15.1. The molecule has 28 heavy (non-hydrogen) atoms. The van der Waals surface area contributed by atoms with E-state index >= 15 is 0 Å². The lowest BCUT2D eigenvalue weighted by molar-refractivity contribution is -0.156. The van der Waals surface area contributed by atoms with Crippen LogP contribution in [0.5, 0.6) is 0 Å². The van der Waals surface area contributed by atoms with Gasteiger partial charge in [-0.25, -0.2) is 12.8 Å². The van der Waals surface area contributed by atoms with Crippen molar-refractivity contribution in [2.45, 2.75) is 12.7 Å². The highest BCUT2D eigenvalue weighted by atomic mass is 32.2. The Balaban J connectivity index is 1.90. The summed E-state index contributed by atoms with van der Waals surface area (Å²) < 4.78 is 81.8. The number of aromatic nitrogens is 2. The van der Waals surface area contributed by atoms with Crippen molar-refractivity contribution in [3.8, 4) is 11.5 Å². The predicted octanol–water partition coefficient (Wildman–Crippen LogP) is 3.86. The van der Waals surface area contributed by atoms with E-state index in [9.17, 15) is 26.0 Å². The average molecular weight is 415 g/mol. The molecule has 1 heterocycles. The van der Waals surface area contributed by atoms with Gasteiger partial charge in [-0.3, -0.25) is 4.31 Å². The molecule has 6 nitrogen and oxygen atoms in total. The molecular weight excluding hydrogens is 402 g/mol. The Kier molecular flexibility index (Phi) is 5.11. The van der Waals surface area contributed by atoms with Crippen LogP contribution in [0.1, 0.15) is 11.5 Å². The second-order valence-corrected chi connectivity index (χ2v) is 7.74. The summed E-state index contributed by atoms with van der Waals surface area (Å²) in [5.74, 6) is -3.13. The lowest BCUT2D eigenvalue weighted by atomic mass is 10.1. The van der Waals surface area contributed by atoms with E-state index in [2.05, 4.69) is 14.6 Å². The average Bonchev–Trinajstić information content (AvgIpc) is 3.10. The highest BCUT2D eigenvalue weighted by molar-refractivity contribution is 7.92. The third-order valence-corrected chi connectivity index (χ3v) is 4.84. The molecule has 0 spiro atoms. The van der Waals surface area contributed by atoms with Crippen LogP contribution in [0.2, 0.25) is 0 Å². The van der Waals surface area contributed by atoms with Crippen molar-refractivity contribution < 1.29 is 30.4 Å². The fourth-order valence-electron chi connectivity index (χ4n) is 2.44. The van der Waals surface area contributed by atoms with E-state index in [0.29, 0.717) is 5.69 Å². The van der Waals surface area contributed by atoms with E-state index in [4.69, 9.17) is 0 Å². The molecule has 0 radical (unpaired) electrons. The third-order valence-electron chi connectivity index (χ3n) is 3.70. The van der Waals surface area contributed by atoms with Crippen LogP contribution in [0.4, 0.5) is 23.2 Å². The van der Waals surface area contributed by atoms with Crippen molar-refractivity contribution in [3.63, 3.8) is 0 Å². The molecule has 0 saturated heterocycles. The molecule has 3 rings (SSSR count). The van der Waals surface area contributed by atoms with Crippen molar-refractivity contribution in [2.24, 2.45) is 0 Å². The topological polar surface area (TPSA) is 76.3 Å². The molecule has 148 valence electrons. The Bertz CT molecular complexity index is 1080. The van der Waals surface area contributed by atoms with Crippen LogP contribution in [0, 0.1) is 5.82 Å². The van der Waals surface area contributed by atoms with Gasteiger partial charge in [-0.05, 0) is 29.8 Å². The van der Waals surface area contributed by atoms with Crippen molar-refractivity contribution in [1.82, 2.24) is 10.2 Å². The molecule has 0 aliphatic carbocycles. The molecule has 1 aromatic heterocycles. The van der Waals surface area contributed by atoms with Crippen LogP contribution in [-0.4, -0.2) is 24.9 Å². The first-order chi connectivity index (χ1) is 13.1. The van der Waals surface area contributed by atoms with Gasteiger partial charge in [0.2, 0.25) is 10.0 Å². The summed E-state index contributed by atoms with van der Waals surface area (Å²) in [7, 11) is -3.66. The summed E-state index contributed by atoms with van der Waals surface area (Å²) in [5, 5.41) is 6.06. The van der Waals surface area contributed by atoms with Crippen LogP contribution in [0.25, 0.3) is 11.5 Å². The predicted molar refractivity (Wildman–Crippen MR) is 92.2 cm³/mol. The molecule has 0 bridgehead atoms. The minimum atomic E-state index is -4.84. The molecule has 0 aliphatic rings. The van der Waals surface area contributed by atoms with Crippen LogP contribution in [-0.2, 0) is 22.7 Å². The second kappa shape index (κ2) is 7.23. The van der Waals surface area contributed by atoms with Gasteiger partial charge in [0, 0.05) is 0 Å². The number of alkyl halides is 3. The SMILES string of the molecule is CS(=O)(=O)N(Cc1ccc(-c2nnc(C(F)(F)F)o2)c(F)c1)c1ccccc1. The van der Waals surface area contributed by atoms with Gasteiger partial charge in [0.1, 0.15) is 5.82 Å². The maximum atomic E-state index is 14.4. The number of benzene rings is 2. The second-order valence-electron chi connectivity index (χ2n) is 5.83. The van der Waals surface area contributed by atoms with Crippen LogP contribution in [0.15, 0.2) is 52.9 Å². The number of para-hydroxylation sites is 1. The minimum Gasteiger partial charge on any atom is -0.413 e. The van der Waals surface area contributed by atoms with E-state index in [1.54, 1.807) is 30.3 Å². The van der Waals surface area contributed by atoms with Gasteiger partial charge in [0.05, 0.1) is 24.1 Å². The largest absolute Gasteiger partial charge is 0.470 e. The molecule has 0 N–H and O–H groups in total. The van der Waals surface area contributed by atoms with Gasteiger partial charge in [-0.15, -0.1) is 10.2 Å². The molecule has 0 amide bonds. The summed E-state index contributed by atoms with van der Waals surface area (Å²) in [4.78, 5) is 0.